The molecule has 0 unspecified atom stereocenters. The first-order valence-electron chi connectivity index (χ1n) is 7.19. The van der Waals surface area contributed by atoms with Crippen LogP contribution in [0.4, 0.5) is 0 Å². The number of hydrogen-bond acceptors (Lipinski definition) is 4. The van der Waals surface area contributed by atoms with Gasteiger partial charge in [-0.2, -0.15) is 0 Å². The zero-order valence-corrected chi connectivity index (χ0v) is 12.3. The molecular formula is C14H30O4. The molecule has 0 fully saturated rings. The average molecular weight is 262 g/mol. The van der Waals surface area contributed by atoms with Crippen molar-refractivity contribution in [3.8, 4) is 0 Å². The Hall–Kier alpha value is -0.160. The fraction of sp³-hybridized carbons (Fsp3) is 1.00. The molecule has 0 saturated carbocycles. The summed E-state index contributed by atoms with van der Waals surface area (Å²) in [4.78, 5) is 0. The third-order valence-electron chi connectivity index (χ3n) is 2.58. The lowest BCUT2D eigenvalue weighted by atomic mass is 10.2. The molecule has 0 aromatic carbocycles. The van der Waals surface area contributed by atoms with E-state index in [9.17, 15) is 0 Å². The normalized spacial score (nSPS) is 11.3. The quantitative estimate of drug-likeness (QED) is 0.451. The Morgan fingerprint density at radius 1 is 0.611 bits per heavy atom. The lowest BCUT2D eigenvalue weighted by molar-refractivity contribution is -0.0201. The van der Waals surface area contributed by atoms with Gasteiger partial charge in [0, 0.05) is 6.61 Å². The first kappa shape index (κ1) is 17.8. The molecule has 0 aromatic heterocycles. The highest BCUT2D eigenvalue weighted by Crippen LogP contribution is 2.01. The van der Waals surface area contributed by atoms with Crippen LogP contribution in [0, 0.1) is 0 Å². The molecule has 0 heterocycles. The van der Waals surface area contributed by atoms with Crippen LogP contribution in [0.5, 0.6) is 0 Å². The molecule has 0 aliphatic heterocycles. The molecule has 0 aliphatic carbocycles. The maximum Gasteiger partial charge on any atom is 0.0704 e. The van der Waals surface area contributed by atoms with Crippen LogP contribution in [0.15, 0.2) is 0 Å². The van der Waals surface area contributed by atoms with Crippen molar-refractivity contribution in [2.45, 2.75) is 46.1 Å². The van der Waals surface area contributed by atoms with E-state index in [-0.39, 0.29) is 0 Å². The van der Waals surface area contributed by atoms with Crippen molar-refractivity contribution in [3.63, 3.8) is 0 Å². The summed E-state index contributed by atoms with van der Waals surface area (Å²) in [7, 11) is 0. The molecule has 110 valence electrons. The minimum atomic E-state index is 0.376. The van der Waals surface area contributed by atoms with E-state index in [1.54, 1.807) is 0 Å². The Kier molecular flexibility index (Phi) is 14.8. The average Bonchev–Trinajstić information content (AvgIpc) is 2.40. The van der Waals surface area contributed by atoms with Crippen molar-refractivity contribution in [2.75, 3.05) is 46.2 Å². The van der Waals surface area contributed by atoms with E-state index in [0.29, 0.717) is 45.7 Å². The molecule has 0 aromatic rings. The summed E-state index contributed by atoms with van der Waals surface area (Å²) in [6, 6.07) is 0. The first-order chi connectivity index (χ1) is 8.85. The molecule has 0 radical (unpaired) electrons. The van der Waals surface area contributed by atoms with E-state index in [1.807, 2.05) is 0 Å². The lowest BCUT2D eigenvalue weighted by Crippen LogP contribution is -2.16. The Morgan fingerprint density at radius 2 is 1.06 bits per heavy atom. The van der Waals surface area contributed by atoms with Gasteiger partial charge in [-0.25, -0.2) is 0 Å². The van der Waals surface area contributed by atoms with Gasteiger partial charge in [0.05, 0.1) is 45.7 Å². The van der Waals surface area contributed by atoms with E-state index in [1.165, 1.54) is 0 Å². The SMILES string of the molecule is CCCOCCOCCOCCOC(CC)CC. The standard InChI is InChI=1S/C14H30O4/c1-4-7-15-8-9-16-10-11-17-12-13-18-14(5-2)6-3/h14H,4-13H2,1-3H3. The summed E-state index contributed by atoms with van der Waals surface area (Å²) >= 11 is 0. The van der Waals surface area contributed by atoms with Gasteiger partial charge in [0.1, 0.15) is 0 Å². The summed E-state index contributed by atoms with van der Waals surface area (Å²) in [6.45, 7) is 11.1. The molecule has 0 aliphatic rings. The van der Waals surface area contributed by atoms with Crippen LogP contribution in [0.2, 0.25) is 0 Å². The Morgan fingerprint density at radius 3 is 1.50 bits per heavy atom. The van der Waals surface area contributed by atoms with Gasteiger partial charge in [-0.3, -0.25) is 0 Å². The molecule has 0 spiro atoms. The van der Waals surface area contributed by atoms with Crippen LogP contribution < -0.4 is 0 Å². The molecule has 4 nitrogen and oxygen atoms in total. The number of hydrogen-bond donors (Lipinski definition) is 0. The minimum absolute atomic E-state index is 0.376. The fourth-order valence-electron chi connectivity index (χ4n) is 1.48. The molecule has 0 rings (SSSR count). The van der Waals surface area contributed by atoms with Crippen LogP contribution in [-0.2, 0) is 18.9 Å². The molecular weight excluding hydrogens is 232 g/mol. The van der Waals surface area contributed by atoms with Crippen molar-refractivity contribution >= 4 is 0 Å². The summed E-state index contributed by atoms with van der Waals surface area (Å²) in [5.41, 5.74) is 0. The van der Waals surface area contributed by atoms with E-state index >= 15 is 0 Å². The number of ether oxygens (including phenoxy) is 4. The van der Waals surface area contributed by atoms with Gasteiger partial charge in [0.25, 0.3) is 0 Å². The Labute approximate surface area is 112 Å². The van der Waals surface area contributed by atoms with Gasteiger partial charge in [-0.15, -0.1) is 0 Å². The van der Waals surface area contributed by atoms with Crippen LogP contribution in [0.25, 0.3) is 0 Å². The molecule has 0 atom stereocenters. The molecule has 0 saturated heterocycles. The molecule has 4 heteroatoms. The summed E-state index contributed by atoms with van der Waals surface area (Å²) in [5.74, 6) is 0. The Balaban J connectivity index is 3.03. The van der Waals surface area contributed by atoms with Gasteiger partial charge in [-0.05, 0) is 19.3 Å². The molecule has 18 heavy (non-hydrogen) atoms. The van der Waals surface area contributed by atoms with Crippen LogP contribution in [0.1, 0.15) is 40.0 Å². The van der Waals surface area contributed by atoms with Crippen LogP contribution in [0.3, 0.4) is 0 Å². The summed E-state index contributed by atoms with van der Waals surface area (Å²) in [6.07, 6.45) is 3.56. The zero-order chi connectivity index (χ0) is 13.5. The van der Waals surface area contributed by atoms with Crippen LogP contribution >= 0.6 is 0 Å². The van der Waals surface area contributed by atoms with Gasteiger partial charge < -0.3 is 18.9 Å². The topological polar surface area (TPSA) is 36.9 Å². The van der Waals surface area contributed by atoms with Crippen molar-refractivity contribution in [1.82, 2.24) is 0 Å². The highest BCUT2D eigenvalue weighted by molar-refractivity contribution is 4.50. The minimum Gasteiger partial charge on any atom is -0.379 e. The summed E-state index contributed by atoms with van der Waals surface area (Å²) in [5, 5.41) is 0. The van der Waals surface area contributed by atoms with E-state index in [0.717, 1.165) is 25.9 Å². The smallest absolute Gasteiger partial charge is 0.0704 e. The van der Waals surface area contributed by atoms with Crippen molar-refractivity contribution in [2.24, 2.45) is 0 Å². The highest BCUT2D eigenvalue weighted by atomic mass is 16.6. The zero-order valence-electron chi connectivity index (χ0n) is 12.3. The second kappa shape index (κ2) is 14.9. The van der Waals surface area contributed by atoms with Gasteiger partial charge in [0.15, 0.2) is 0 Å². The van der Waals surface area contributed by atoms with Gasteiger partial charge in [-0.1, -0.05) is 20.8 Å². The van der Waals surface area contributed by atoms with Gasteiger partial charge >= 0.3 is 0 Å². The van der Waals surface area contributed by atoms with Crippen LogP contribution in [-0.4, -0.2) is 52.4 Å². The van der Waals surface area contributed by atoms with Crippen molar-refractivity contribution in [1.29, 1.82) is 0 Å². The molecule has 0 bridgehead atoms. The maximum absolute atomic E-state index is 5.63. The lowest BCUT2D eigenvalue weighted by Gasteiger charge is -2.13. The monoisotopic (exact) mass is 262 g/mol. The Bertz CT molecular complexity index is 149. The third kappa shape index (κ3) is 12.3. The molecule has 0 N–H and O–H groups in total. The van der Waals surface area contributed by atoms with Gasteiger partial charge in [0.2, 0.25) is 0 Å². The van der Waals surface area contributed by atoms with Crippen molar-refractivity contribution in [3.05, 3.63) is 0 Å². The number of rotatable bonds is 14. The summed E-state index contributed by atoms with van der Waals surface area (Å²) < 4.78 is 21.7. The third-order valence-corrected chi connectivity index (χ3v) is 2.58. The predicted molar refractivity (Wildman–Crippen MR) is 73.1 cm³/mol. The van der Waals surface area contributed by atoms with E-state index < -0.39 is 0 Å². The first-order valence-corrected chi connectivity index (χ1v) is 7.19. The second-order valence-electron chi connectivity index (χ2n) is 4.15. The highest BCUT2D eigenvalue weighted by Gasteiger charge is 2.01. The molecule has 0 amide bonds. The maximum atomic E-state index is 5.63. The second-order valence-corrected chi connectivity index (χ2v) is 4.15. The fourth-order valence-corrected chi connectivity index (χ4v) is 1.48. The largest absolute Gasteiger partial charge is 0.379 e. The van der Waals surface area contributed by atoms with E-state index in [2.05, 4.69) is 20.8 Å². The van der Waals surface area contributed by atoms with E-state index in [4.69, 9.17) is 18.9 Å². The predicted octanol–water partition coefficient (Wildman–Crippen LogP) is 2.65. The van der Waals surface area contributed by atoms with Crippen molar-refractivity contribution < 1.29 is 18.9 Å².